The molecule has 3 N–H and O–H groups in total. The number of H-pyrrole nitrogens is 1. The maximum atomic E-state index is 12.4. The third-order valence-corrected chi connectivity index (χ3v) is 5.71. The van der Waals surface area contributed by atoms with Crippen molar-refractivity contribution < 1.29 is 8.42 Å². The van der Waals surface area contributed by atoms with E-state index in [9.17, 15) is 8.42 Å². The van der Waals surface area contributed by atoms with Crippen molar-refractivity contribution in [3.05, 3.63) is 18.0 Å². The number of aromatic nitrogens is 1. The van der Waals surface area contributed by atoms with E-state index in [1.165, 1.54) is 12.8 Å². The van der Waals surface area contributed by atoms with Crippen LogP contribution in [0.5, 0.6) is 0 Å². The SMILES string of the molecule is CC(C)NCc1cc(S(=O)(=O)NC(C)C2CCCC2)c[nH]1. The topological polar surface area (TPSA) is 74.0 Å². The molecule has 1 fully saturated rings. The Hall–Kier alpha value is -0.850. The maximum Gasteiger partial charge on any atom is 0.242 e. The second-order valence-electron chi connectivity index (χ2n) is 6.35. The van der Waals surface area contributed by atoms with Gasteiger partial charge in [-0.05, 0) is 31.7 Å². The van der Waals surface area contributed by atoms with E-state index in [0.29, 0.717) is 23.4 Å². The van der Waals surface area contributed by atoms with Crippen LogP contribution in [0.4, 0.5) is 0 Å². The zero-order chi connectivity index (χ0) is 15.5. The van der Waals surface area contributed by atoms with E-state index in [2.05, 4.69) is 28.9 Å². The van der Waals surface area contributed by atoms with Crippen molar-refractivity contribution >= 4 is 10.0 Å². The van der Waals surface area contributed by atoms with Gasteiger partial charge in [0.25, 0.3) is 0 Å². The van der Waals surface area contributed by atoms with E-state index < -0.39 is 10.0 Å². The standard InChI is InChI=1S/C15H27N3O2S/c1-11(2)16-9-14-8-15(10-17-14)21(19,20)18-12(3)13-6-4-5-7-13/h8,10-13,16-18H,4-7,9H2,1-3H3. The van der Waals surface area contributed by atoms with Gasteiger partial charge in [0.2, 0.25) is 10.0 Å². The van der Waals surface area contributed by atoms with Crippen LogP contribution in [0.25, 0.3) is 0 Å². The minimum absolute atomic E-state index is 0.00430. The van der Waals surface area contributed by atoms with E-state index in [0.717, 1.165) is 18.5 Å². The highest BCUT2D eigenvalue weighted by Crippen LogP contribution is 2.28. The van der Waals surface area contributed by atoms with E-state index >= 15 is 0 Å². The summed E-state index contributed by atoms with van der Waals surface area (Å²) in [6.07, 6.45) is 6.25. The molecule has 1 heterocycles. The first-order valence-electron chi connectivity index (χ1n) is 7.81. The molecule has 0 aliphatic heterocycles. The lowest BCUT2D eigenvalue weighted by molar-refractivity contribution is 0.424. The maximum absolute atomic E-state index is 12.4. The van der Waals surface area contributed by atoms with Crippen molar-refractivity contribution in [2.45, 2.75) is 70.0 Å². The summed E-state index contributed by atoms with van der Waals surface area (Å²) in [5.41, 5.74) is 0.887. The van der Waals surface area contributed by atoms with Gasteiger partial charge in [0.05, 0.1) is 4.90 Å². The van der Waals surface area contributed by atoms with Crippen LogP contribution in [0.1, 0.15) is 52.1 Å². The van der Waals surface area contributed by atoms with Gasteiger partial charge in [0.1, 0.15) is 0 Å². The average molecular weight is 313 g/mol. The van der Waals surface area contributed by atoms with E-state index in [4.69, 9.17) is 0 Å². The second kappa shape index (κ2) is 6.94. The van der Waals surface area contributed by atoms with Crippen molar-refractivity contribution in [2.75, 3.05) is 0 Å². The van der Waals surface area contributed by atoms with Crippen molar-refractivity contribution in [1.29, 1.82) is 0 Å². The molecule has 21 heavy (non-hydrogen) atoms. The zero-order valence-electron chi connectivity index (χ0n) is 13.1. The molecule has 0 bridgehead atoms. The molecule has 1 atom stereocenters. The minimum Gasteiger partial charge on any atom is -0.363 e. The molecule has 120 valence electrons. The molecule has 1 unspecified atom stereocenters. The van der Waals surface area contributed by atoms with E-state index in [-0.39, 0.29) is 6.04 Å². The quantitative estimate of drug-likeness (QED) is 0.723. The highest BCUT2D eigenvalue weighted by Gasteiger charge is 2.26. The molecule has 2 rings (SSSR count). The fourth-order valence-electron chi connectivity index (χ4n) is 2.86. The average Bonchev–Trinajstić information content (AvgIpc) is 3.07. The number of hydrogen-bond acceptors (Lipinski definition) is 3. The van der Waals surface area contributed by atoms with Gasteiger partial charge in [-0.15, -0.1) is 0 Å². The van der Waals surface area contributed by atoms with Gasteiger partial charge < -0.3 is 10.3 Å². The summed E-state index contributed by atoms with van der Waals surface area (Å²) in [5, 5.41) is 3.27. The third kappa shape index (κ3) is 4.56. The number of aromatic amines is 1. The van der Waals surface area contributed by atoms with Gasteiger partial charge in [-0.2, -0.15) is 0 Å². The number of sulfonamides is 1. The lowest BCUT2D eigenvalue weighted by Crippen LogP contribution is -2.37. The van der Waals surface area contributed by atoms with Crippen molar-refractivity contribution in [1.82, 2.24) is 15.0 Å². The predicted molar refractivity (Wildman–Crippen MR) is 84.5 cm³/mol. The summed E-state index contributed by atoms with van der Waals surface area (Å²) in [6.45, 7) is 6.74. The lowest BCUT2D eigenvalue weighted by atomic mass is 10.0. The minimum atomic E-state index is -3.42. The van der Waals surface area contributed by atoms with Gasteiger partial charge in [-0.25, -0.2) is 13.1 Å². The highest BCUT2D eigenvalue weighted by molar-refractivity contribution is 7.89. The first-order chi connectivity index (χ1) is 9.88. The van der Waals surface area contributed by atoms with E-state index in [1.807, 2.05) is 6.92 Å². The molecule has 1 aliphatic carbocycles. The molecule has 0 saturated heterocycles. The van der Waals surface area contributed by atoms with Crippen molar-refractivity contribution in [2.24, 2.45) is 5.92 Å². The Morgan fingerprint density at radius 2 is 1.95 bits per heavy atom. The van der Waals surface area contributed by atoms with Gasteiger partial charge in [0, 0.05) is 30.5 Å². The summed E-state index contributed by atoms with van der Waals surface area (Å²) < 4.78 is 27.6. The van der Waals surface area contributed by atoms with Crippen LogP contribution in [0.3, 0.4) is 0 Å². The fraction of sp³-hybridized carbons (Fsp3) is 0.733. The van der Waals surface area contributed by atoms with Gasteiger partial charge in [-0.1, -0.05) is 26.7 Å². The number of nitrogens with one attached hydrogen (secondary N) is 3. The molecule has 0 spiro atoms. The van der Waals surface area contributed by atoms with Crippen LogP contribution in [0.2, 0.25) is 0 Å². The summed E-state index contributed by atoms with van der Waals surface area (Å²) >= 11 is 0. The normalized spacial score (nSPS) is 18.5. The molecule has 1 aliphatic rings. The summed E-state index contributed by atoms with van der Waals surface area (Å²) in [5.74, 6) is 0.473. The van der Waals surface area contributed by atoms with Gasteiger partial charge in [-0.3, -0.25) is 0 Å². The predicted octanol–water partition coefficient (Wildman–Crippen LogP) is 2.37. The van der Waals surface area contributed by atoms with Crippen LogP contribution < -0.4 is 10.0 Å². The Bertz CT molecular complexity index is 545. The Morgan fingerprint density at radius 1 is 1.29 bits per heavy atom. The molecular weight excluding hydrogens is 286 g/mol. The highest BCUT2D eigenvalue weighted by atomic mass is 32.2. The second-order valence-corrected chi connectivity index (χ2v) is 8.06. The summed E-state index contributed by atoms with van der Waals surface area (Å²) in [4.78, 5) is 3.36. The van der Waals surface area contributed by atoms with Crippen LogP contribution >= 0.6 is 0 Å². The molecule has 1 saturated carbocycles. The zero-order valence-corrected chi connectivity index (χ0v) is 14.0. The first-order valence-corrected chi connectivity index (χ1v) is 9.30. The van der Waals surface area contributed by atoms with Crippen LogP contribution in [0, 0.1) is 5.92 Å². The summed E-state index contributed by atoms with van der Waals surface area (Å²) in [7, 11) is -3.42. The van der Waals surface area contributed by atoms with Crippen molar-refractivity contribution in [3.8, 4) is 0 Å². The Balaban J connectivity index is 1.98. The number of hydrogen-bond donors (Lipinski definition) is 3. The Morgan fingerprint density at radius 3 is 2.57 bits per heavy atom. The molecule has 0 amide bonds. The molecule has 5 nitrogen and oxygen atoms in total. The fourth-order valence-corrected chi connectivity index (χ4v) is 4.19. The molecular formula is C15H27N3O2S. The van der Waals surface area contributed by atoms with Crippen LogP contribution in [-0.4, -0.2) is 25.5 Å². The molecule has 0 aromatic carbocycles. The molecule has 0 radical (unpaired) electrons. The number of rotatable bonds is 7. The summed E-state index contributed by atoms with van der Waals surface area (Å²) in [6, 6.07) is 2.08. The Labute approximate surface area is 128 Å². The first kappa shape index (κ1) is 16.5. The lowest BCUT2D eigenvalue weighted by Gasteiger charge is -2.19. The van der Waals surface area contributed by atoms with Crippen LogP contribution in [-0.2, 0) is 16.6 Å². The van der Waals surface area contributed by atoms with Crippen molar-refractivity contribution in [3.63, 3.8) is 0 Å². The Kier molecular flexibility index (Phi) is 5.46. The monoisotopic (exact) mass is 313 g/mol. The van der Waals surface area contributed by atoms with Crippen LogP contribution in [0.15, 0.2) is 17.2 Å². The smallest absolute Gasteiger partial charge is 0.242 e. The molecule has 1 aromatic rings. The van der Waals surface area contributed by atoms with Gasteiger partial charge in [0.15, 0.2) is 0 Å². The third-order valence-electron chi connectivity index (χ3n) is 4.18. The molecule has 1 aromatic heterocycles. The largest absolute Gasteiger partial charge is 0.363 e. The van der Waals surface area contributed by atoms with Gasteiger partial charge >= 0.3 is 0 Å². The molecule has 6 heteroatoms. The van der Waals surface area contributed by atoms with E-state index in [1.54, 1.807) is 12.3 Å².